The zero-order valence-electron chi connectivity index (χ0n) is 15.4. The lowest BCUT2D eigenvalue weighted by molar-refractivity contribution is -0.121. The first-order valence-corrected chi connectivity index (χ1v) is 9.79. The average Bonchev–Trinajstić information content (AvgIpc) is 3.06. The van der Waals surface area contributed by atoms with Crippen LogP contribution in [-0.2, 0) is 17.8 Å². The molecule has 0 fully saturated rings. The number of amides is 1. The minimum atomic E-state index is 0.00593. The zero-order valence-corrected chi connectivity index (χ0v) is 16.2. The van der Waals surface area contributed by atoms with Crippen LogP contribution in [0.1, 0.15) is 29.6 Å². The van der Waals surface area contributed by atoms with Crippen LogP contribution >= 0.6 is 11.3 Å². The molecule has 0 saturated heterocycles. The summed E-state index contributed by atoms with van der Waals surface area (Å²) >= 11 is 1.66. The van der Waals surface area contributed by atoms with E-state index in [0.717, 1.165) is 41.7 Å². The van der Waals surface area contributed by atoms with E-state index >= 15 is 0 Å². The normalized spacial score (nSPS) is 11.2. The van der Waals surface area contributed by atoms with Crippen LogP contribution in [0.2, 0.25) is 0 Å². The number of benzene rings is 1. The highest BCUT2D eigenvalue weighted by Gasteiger charge is 2.03. The summed E-state index contributed by atoms with van der Waals surface area (Å²) in [6.07, 6.45) is 1.22. The average molecular weight is 374 g/mol. The van der Waals surface area contributed by atoms with Gasteiger partial charge in [0.2, 0.25) is 5.91 Å². The van der Waals surface area contributed by atoms with E-state index in [4.69, 9.17) is 0 Å². The molecule has 0 unspecified atom stereocenters. The Morgan fingerprint density at radius 3 is 2.69 bits per heavy atom. The van der Waals surface area contributed by atoms with E-state index in [9.17, 15) is 4.79 Å². The van der Waals surface area contributed by atoms with Crippen LogP contribution in [0.3, 0.4) is 0 Å². The van der Waals surface area contributed by atoms with Crippen LogP contribution in [0, 0.1) is 6.92 Å². The number of hydrogen-bond donors (Lipinski definition) is 3. The first kappa shape index (κ1) is 19.9. The molecule has 2 rings (SSSR count). The summed E-state index contributed by atoms with van der Waals surface area (Å²) < 4.78 is 0. The van der Waals surface area contributed by atoms with E-state index in [1.54, 1.807) is 11.3 Å². The van der Waals surface area contributed by atoms with Crippen LogP contribution in [-0.4, -0.2) is 36.5 Å². The maximum Gasteiger partial charge on any atom is 0.222 e. The lowest BCUT2D eigenvalue weighted by Crippen LogP contribution is -2.38. The first-order valence-electron chi connectivity index (χ1n) is 8.91. The maximum absolute atomic E-state index is 11.9. The summed E-state index contributed by atoms with van der Waals surface area (Å²) in [5.41, 5.74) is 2.19. The monoisotopic (exact) mass is 373 g/mol. The van der Waals surface area contributed by atoms with Crippen molar-refractivity contribution in [2.45, 2.75) is 33.2 Å². The quantitative estimate of drug-likeness (QED) is 0.465. The van der Waals surface area contributed by atoms with Gasteiger partial charge in [0.05, 0.1) is 17.2 Å². The third-order valence-electron chi connectivity index (χ3n) is 3.63. The molecule has 6 nitrogen and oxygen atoms in total. The van der Waals surface area contributed by atoms with Gasteiger partial charge in [-0.3, -0.25) is 9.79 Å². The van der Waals surface area contributed by atoms with Crippen molar-refractivity contribution >= 4 is 23.2 Å². The van der Waals surface area contributed by atoms with Gasteiger partial charge >= 0.3 is 0 Å². The predicted octanol–water partition coefficient (Wildman–Crippen LogP) is 2.26. The van der Waals surface area contributed by atoms with Crippen molar-refractivity contribution in [3.8, 4) is 0 Å². The highest BCUT2D eigenvalue weighted by atomic mass is 32.1. The minimum Gasteiger partial charge on any atom is -0.357 e. The third-order valence-corrected chi connectivity index (χ3v) is 4.45. The summed E-state index contributed by atoms with van der Waals surface area (Å²) in [5, 5.41) is 12.6. The summed E-state index contributed by atoms with van der Waals surface area (Å²) in [6, 6.07) is 9.88. The first-order chi connectivity index (χ1) is 12.7. The van der Waals surface area contributed by atoms with Gasteiger partial charge in [0.15, 0.2) is 5.96 Å². The molecule has 0 aliphatic rings. The molecule has 3 N–H and O–H groups in total. The number of hydrogen-bond acceptors (Lipinski definition) is 4. The Bertz CT molecular complexity index is 699. The Labute approximate surface area is 159 Å². The topological polar surface area (TPSA) is 78.4 Å². The van der Waals surface area contributed by atoms with Crippen LogP contribution < -0.4 is 16.0 Å². The van der Waals surface area contributed by atoms with E-state index in [2.05, 4.69) is 31.3 Å². The van der Waals surface area contributed by atoms with Crippen molar-refractivity contribution < 1.29 is 4.79 Å². The molecule has 1 heterocycles. The number of rotatable bonds is 9. The molecular weight excluding hydrogens is 346 g/mol. The largest absolute Gasteiger partial charge is 0.357 e. The second kappa shape index (κ2) is 11.3. The van der Waals surface area contributed by atoms with Crippen LogP contribution in [0.5, 0.6) is 0 Å². The SMILES string of the molecule is CCNC(=NCCC(=O)NCc1ccccc1)NCCc1csc(C)n1. The number of nitrogens with zero attached hydrogens (tertiary/aromatic N) is 2. The van der Waals surface area contributed by atoms with Crippen molar-refractivity contribution in [2.24, 2.45) is 4.99 Å². The van der Waals surface area contributed by atoms with Crippen molar-refractivity contribution in [1.82, 2.24) is 20.9 Å². The molecule has 1 amide bonds. The number of guanidine groups is 1. The molecule has 2 aromatic rings. The van der Waals surface area contributed by atoms with Gasteiger partial charge in [-0.25, -0.2) is 4.98 Å². The molecule has 0 aliphatic carbocycles. The predicted molar refractivity (Wildman–Crippen MR) is 107 cm³/mol. The maximum atomic E-state index is 11.9. The number of nitrogens with one attached hydrogen (secondary N) is 3. The van der Waals surface area contributed by atoms with Crippen LogP contribution in [0.15, 0.2) is 40.7 Å². The van der Waals surface area contributed by atoms with E-state index in [1.165, 1.54) is 0 Å². The Kier molecular flexibility index (Phi) is 8.62. The Balaban J connectivity index is 1.68. The van der Waals surface area contributed by atoms with Crippen LogP contribution in [0.4, 0.5) is 0 Å². The molecule has 26 heavy (non-hydrogen) atoms. The molecule has 0 atom stereocenters. The molecule has 7 heteroatoms. The lowest BCUT2D eigenvalue weighted by atomic mass is 10.2. The van der Waals surface area contributed by atoms with E-state index in [0.29, 0.717) is 19.5 Å². The Hall–Kier alpha value is -2.41. The molecule has 0 spiro atoms. The van der Waals surface area contributed by atoms with Crippen molar-refractivity contribution in [3.05, 3.63) is 52.0 Å². The molecule has 1 aromatic carbocycles. The summed E-state index contributed by atoms with van der Waals surface area (Å²) in [4.78, 5) is 20.8. The summed E-state index contributed by atoms with van der Waals surface area (Å²) in [6.45, 7) is 6.57. The van der Waals surface area contributed by atoms with Gasteiger partial charge < -0.3 is 16.0 Å². The lowest BCUT2D eigenvalue weighted by Gasteiger charge is -2.10. The fraction of sp³-hybridized carbons (Fsp3) is 0.421. The standard InChI is InChI=1S/C19H27N5OS/c1-3-20-19(21-11-9-17-14-26-15(2)24-17)22-12-10-18(25)23-13-16-7-5-4-6-8-16/h4-8,14H,3,9-13H2,1-2H3,(H,23,25)(H2,20,21,22). The summed E-state index contributed by atoms with van der Waals surface area (Å²) in [7, 11) is 0. The number of aryl methyl sites for hydroxylation is 1. The fourth-order valence-corrected chi connectivity index (χ4v) is 2.98. The molecule has 140 valence electrons. The number of carbonyl (C=O) groups is 1. The Morgan fingerprint density at radius 2 is 2.00 bits per heavy atom. The van der Waals surface area contributed by atoms with Crippen molar-refractivity contribution in [3.63, 3.8) is 0 Å². The van der Waals surface area contributed by atoms with Crippen molar-refractivity contribution in [1.29, 1.82) is 0 Å². The summed E-state index contributed by atoms with van der Waals surface area (Å²) in [5.74, 6) is 0.738. The van der Waals surface area contributed by atoms with Gasteiger partial charge in [0.25, 0.3) is 0 Å². The number of carbonyl (C=O) groups excluding carboxylic acids is 1. The molecule has 0 bridgehead atoms. The number of aromatic nitrogens is 1. The van der Waals surface area contributed by atoms with Gasteiger partial charge in [-0.2, -0.15) is 0 Å². The van der Waals surface area contributed by atoms with Gasteiger partial charge in [0, 0.05) is 37.9 Å². The molecule has 0 aliphatic heterocycles. The second-order valence-corrected chi connectivity index (χ2v) is 6.87. The fourth-order valence-electron chi connectivity index (χ4n) is 2.33. The molecule has 1 aromatic heterocycles. The van der Waals surface area contributed by atoms with E-state index < -0.39 is 0 Å². The highest BCUT2D eigenvalue weighted by Crippen LogP contribution is 2.07. The van der Waals surface area contributed by atoms with Crippen molar-refractivity contribution in [2.75, 3.05) is 19.6 Å². The van der Waals surface area contributed by atoms with Crippen LogP contribution in [0.25, 0.3) is 0 Å². The molecular formula is C19H27N5OS. The Morgan fingerprint density at radius 1 is 1.19 bits per heavy atom. The number of aliphatic imine (C=N–C) groups is 1. The minimum absolute atomic E-state index is 0.00593. The van der Waals surface area contributed by atoms with Gasteiger partial charge in [0.1, 0.15) is 0 Å². The van der Waals surface area contributed by atoms with E-state index in [-0.39, 0.29) is 5.91 Å². The van der Waals surface area contributed by atoms with E-state index in [1.807, 2.05) is 44.2 Å². The molecule has 0 radical (unpaired) electrons. The molecule has 0 saturated carbocycles. The zero-order chi connectivity index (χ0) is 18.6. The van der Waals surface area contributed by atoms with Gasteiger partial charge in [-0.05, 0) is 19.4 Å². The highest BCUT2D eigenvalue weighted by molar-refractivity contribution is 7.09. The second-order valence-electron chi connectivity index (χ2n) is 5.81. The van der Waals surface area contributed by atoms with Gasteiger partial charge in [-0.1, -0.05) is 30.3 Å². The van der Waals surface area contributed by atoms with Gasteiger partial charge in [-0.15, -0.1) is 11.3 Å². The number of thiazole rings is 1. The smallest absolute Gasteiger partial charge is 0.222 e. The third kappa shape index (κ3) is 7.65.